The highest BCUT2D eigenvalue weighted by atomic mass is 35.5. The maximum Gasteiger partial charge on any atom is 0.230 e. The van der Waals surface area contributed by atoms with E-state index in [1.807, 2.05) is 36.4 Å². The van der Waals surface area contributed by atoms with Crippen LogP contribution >= 0.6 is 11.6 Å². The van der Waals surface area contributed by atoms with Crippen molar-refractivity contribution < 1.29 is 9.53 Å². The molecule has 154 valence electrons. The summed E-state index contributed by atoms with van der Waals surface area (Å²) in [7, 11) is 1.69. The Morgan fingerprint density at radius 2 is 1.90 bits per heavy atom. The minimum absolute atomic E-state index is 0.123. The fraction of sp³-hybridized carbons (Fsp3) is 0.458. The van der Waals surface area contributed by atoms with E-state index in [-0.39, 0.29) is 11.9 Å². The van der Waals surface area contributed by atoms with Crippen molar-refractivity contribution in [2.45, 2.75) is 43.6 Å². The topological polar surface area (TPSA) is 41.6 Å². The first-order valence-electron chi connectivity index (χ1n) is 10.5. The molecule has 29 heavy (non-hydrogen) atoms. The second-order valence-corrected chi connectivity index (χ2v) is 8.63. The van der Waals surface area contributed by atoms with Gasteiger partial charge in [-0.2, -0.15) is 0 Å². The first-order chi connectivity index (χ1) is 14.1. The number of rotatable bonds is 7. The van der Waals surface area contributed by atoms with Crippen LogP contribution in [0.4, 0.5) is 0 Å². The van der Waals surface area contributed by atoms with E-state index in [0.717, 1.165) is 43.7 Å². The predicted octanol–water partition coefficient (Wildman–Crippen LogP) is 4.72. The molecule has 1 unspecified atom stereocenters. The van der Waals surface area contributed by atoms with E-state index in [1.54, 1.807) is 7.11 Å². The first kappa shape index (κ1) is 20.2. The molecule has 0 spiro atoms. The molecule has 2 aliphatic rings. The number of methoxy groups -OCH3 is 1. The third-order valence-electron chi connectivity index (χ3n) is 6.53. The Bertz CT molecular complexity index is 859. The lowest BCUT2D eigenvalue weighted by molar-refractivity contribution is -0.130. The Hall–Kier alpha value is -2.04. The smallest absolute Gasteiger partial charge is 0.230 e. The van der Waals surface area contributed by atoms with Crippen LogP contribution in [0.2, 0.25) is 5.02 Å². The van der Waals surface area contributed by atoms with Crippen LogP contribution in [0.3, 0.4) is 0 Å². The Morgan fingerprint density at radius 3 is 2.55 bits per heavy atom. The van der Waals surface area contributed by atoms with Gasteiger partial charge in [0.25, 0.3) is 0 Å². The summed E-state index contributed by atoms with van der Waals surface area (Å²) in [6.45, 7) is 2.74. The number of halogens is 1. The Balaban J connectivity index is 1.52. The molecule has 1 N–H and O–H groups in total. The monoisotopic (exact) mass is 412 g/mol. The van der Waals surface area contributed by atoms with Crippen molar-refractivity contribution in [2.24, 2.45) is 0 Å². The Morgan fingerprint density at radius 1 is 1.14 bits per heavy atom. The standard InChI is InChI=1S/C24H29ClN2O2/c1-29-21-10-4-7-18(15-21)22(27-13-2-3-14-27)17-26-23(28)24(11-6-12-24)19-8-5-9-20(25)16-19/h4-5,7-10,15-16,22H,2-3,6,11-14,17H2,1H3,(H,26,28). The number of hydrogen-bond acceptors (Lipinski definition) is 3. The number of carbonyl (C=O) groups excluding carboxylic acids is 1. The molecule has 1 saturated carbocycles. The molecule has 1 saturated heterocycles. The van der Waals surface area contributed by atoms with Crippen LogP contribution in [0.5, 0.6) is 5.75 Å². The molecular weight excluding hydrogens is 384 g/mol. The van der Waals surface area contributed by atoms with Crippen LogP contribution in [0.25, 0.3) is 0 Å². The average molecular weight is 413 g/mol. The number of ether oxygens (including phenoxy) is 1. The second kappa shape index (κ2) is 8.76. The van der Waals surface area contributed by atoms with Gasteiger partial charge in [-0.3, -0.25) is 9.69 Å². The van der Waals surface area contributed by atoms with Crippen molar-refractivity contribution in [3.63, 3.8) is 0 Å². The lowest BCUT2D eigenvalue weighted by Crippen LogP contribution is -2.51. The molecule has 2 aromatic rings. The molecule has 0 radical (unpaired) electrons. The molecule has 1 amide bonds. The lowest BCUT2D eigenvalue weighted by atomic mass is 9.64. The van der Waals surface area contributed by atoms with Crippen LogP contribution < -0.4 is 10.1 Å². The van der Waals surface area contributed by atoms with Crippen molar-refractivity contribution in [2.75, 3.05) is 26.7 Å². The number of hydrogen-bond donors (Lipinski definition) is 1. The molecule has 1 aliphatic heterocycles. The average Bonchev–Trinajstić information content (AvgIpc) is 3.22. The lowest BCUT2D eigenvalue weighted by Gasteiger charge is -2.41. The summed E-state index contributed by atoms with van der Waals surface area (Å²) in [4.78, 5) is 15.8. The van der Waals surface area contributed by atoms with E-state index in [0.29, 0.717) is 11.6 Å². The van der Waals surface area contributed by atoms with Gasteiger partial charge in [-0.25, -0.2) is 0 Å². The number of amides is 1. The summed E-state index contributed by atoms with van der Waals surface area (Å²) in [6, 6.07) is 16.2. The molecule has 1 aliphatic carbocycles. The van der Waals surface area contributed by atoms with Crippen molar-refractivity contribution in [1.29, 1.82) is 0 Å². The van der Waals surface area contributed by atoms with Gasteiger partial charge in [-0.05, 0) is 74.2 Å². The molecule has 4 nitrogen and oxygen atoms in total. The highest BCUT2D eigenvalue weighted by Crippen LogP contribution is 2.44. The molecule has 1 heterocycles. The second-order valence-electron chi connectivity index (χ2n) is 8.19. The maximum absolute atomic E-state index is 13.3. The molecule has 1 atom stereocenters. The van der Waals surface area contributed by atoms with E-state index in [1.165, 1.54) is 18.4 Å². The third kappa shape index (κ3) is 4.15. The van der Waals surface area contributed by atoms with Crippen LogP contribution in [-0.2, 0) is 10.2 Å². The van der Waals surface area contributed by atoms with Crippen molar-refractivity contribution >= 4 is 17.5 Å². The Kier molecular flexibility index (Phi) is 6.12. The molecule has 2 fully saturated rings. The fourth-order valence-corrected chi connectivity index (χ4v) is 4.87. The molecule has 0 bridgehead atoms. The molecule has 0 aromatic heterocycles. The van der Waals surface area contributed by atoms with Gasteiger partial charge in [0, 0.05) is 11.6 Å². The minimum Gasteiger partial charge on any atom is -0.497 e. The quantitative estimate of drug-likeness (QED) is 0.715. The zero-order valence-corrected chi connectivity index (χ0v) is 17.8. The summed E-state index contributed by atoms with van der Waals surface area (Å²) in [5.74, 6) is 0.977. The molecule has 4 rings (SSSR count). The summed E-state index contributed by atoms with van der Waals surface area (Å²) in [5.41, 5.74) is 1.79. The van der Waals surface area contributed by atoms with Crippen molar-refractivity contribution in [3.05, 3.63) is 64.7 Å². The first-order valence-corrected chi connectivity index (χ1v) is 10.9. The van der Waals surface area contributed by atoms with E-state index in [9.17, 15) is 4.79 Å². The molecule has 2 aromatic carbocycles. The summed E-state index contributed by atoms with van der Waals surface area (Å²) in [5, 5.41) is 3.98. The summed E-state index contributed by atoms with van der Waals surface area (Å²) < 4.78 is 5.42. The summed E-state index contributed by atoms with van der Waals surface area (Å²) in [6.07, 6.45) is 5.26. The highest BCUT2D eigenvalue weighted by Gasteiger charge is 2.45. The van der Waals surface area contributed by atoms with E-state index < -0.39 is 5.41 Å². The number of nitrogens with one attached hydrogen (secondary N) is 1. The zero-order chi connectivity index (χ0) is 20.3. The minimum atomic E-state index is -0.436. The largest absolute Gasteiger partial charge is 0.497 e. The molecular formula is C24H29ClN2O2. The van der Waals surface area contributed by atoms with Crippen LogP contribution in [0.1, 0.15) is 49.3 Å². The van der Waals surface area contributed by atoms with Crippen molar-refractivity contribution in [1.82, 2.24) is 10.2 Å². The van der Waals surface area contributed by atoms with Crippen LogP contribution in [-0.4, -0.2) is 37.6 Å². The van der Waals surface area contributed by atoms with E-state index in [4.69, 9.17) is 16.3 Å². The van der Waals surface area contributed by atoms with E-state index >= 15 is 0 Å². The number of likely N-dealkylation sites (tertiary alicyclic amines) is 1. The van der Waals surface area contributed by atoms with Gasteiger partial charge < -0.3 is 10.1 Å². The van der Waals surface area contributed by atoms with Crippen LogP contribution in [0.15, 0.2) is 48.5 Å². The SMILES string of the molecule is COc1cccc(C(CNC(=O)C2(c3cccc(Cl)c3)CCC2)N2CCCC2)c1. The normalized spacial score (nSPS) is 19.4. The van der Waals surface area contributed by atoms with Crippen LogP contribution in [0, 0.1) is 0 Å². The van der Waals surface area contributed by atoms with Gasteiger partial charge in [0.05, 0.1) is 18.6 Å². The van der Waals surface area contributed by atoms with Gasteiger partial charge >= 0.3 is 0 Å². The van der Waals surface area contributed by atoms with Gasteiger partial charge in [-0.15, -0.1) is 0 Å². The molecule has 5 heteroatoms. The van der Waals surface area contributed by atoms with Gasteiger partial charge in [-0.1, -0.05) is 42.3 Å². The van der Waals surface area contributed by atoms with Gasteiger partial charge in [0.15, 0.2) is 0 Å². The number of benzene rings is 2. The van der Waals surface area contributed by atoms with Gasteiger partial charge in [0.2, 0.25) is 5.91 Å². The highest BCUT2D eigenvalue weighted by molar-refractivity contribution is 6.30. The third-order valence-corrected chi connectivity index (χ3v) is 6.77. The number of carbonyl (C=O) groups is 1. The maximum atomic E-state index is 13.3. The predicted molar refractivity (Wildman–Crippen MR) is 117 cm³/mol. The van der Waals surface area contributed by atoms with Gasteiger partial charge in [0.1, 0.15) is 5.75 Å². The number of nitrogens with zero attached hydrogens (tertiary/aromatic N) is 1. The summed E-state index contributed by atoms with van der Waals surface area (Å²) >= 11 is 6.21. The van der Waals surface area contributed by atoms with Crippen molar-refractivity contribution in [3.8, 4) is 5.75 Å². The van der Waals surface area contributed by atoms with E-state index in [2.05, 4.69) is 22.3 Å². The Labute approximate surface area is 178 Å². The zero-order valence-electron chi connectivity index (χ0n) is 17.0. The fourth-order valence-electron chi connectivity index (χ4n) is 4.68.